The molecule has 2 aromatic carbocycles. The number of nitrogens with one attached hydrogen (secondary N) is 1. The smallest absolute Gasteiger partial charge is 0.254 e. The summed E-state index contributed by atoms with van der Waals surface area (Å²) in [6.07, 6.45) is 4.86. The Balaban J connectivity index is 1.48. The van der Waals surface area contributed by atoms with E-state index in [2.05, 4.69) is 5.32 Å². The quantitative estimate of drug-likeness (QED) is 0.626. The van der Waals surface area contributed by atoms with Gasteiger partial charge in [0, 0.05) is 23.2 Å². The number of hydrogen-bond donors (Lipinski definition) is 2. The zero-order valence-corrected chi connectivity index (χ0v) is 19.6. The molecular formula is C26H29ClFN3O3. The maximum Gasteiger partial charge on any atom is 0.254 e. The molecule has 2 aliphatic rings. The molecule has 1 aliphatic carbocycles. The van der Waals surface area contributed by atoms with Gasteiger partial charge >= 0.3 is 0 Å². The van der Waals surface area contributed by atoms with Gasteiger partial charge in [0.2, 0.25) is 11.8 Å². The highest BCUT2D eigenvalue weighted by Crippen LogP contribution is 2.40. The summed E-state index contributed by atoms with van der Waals surface area (Å²) in [6.45, 7) is 0.0522. The molecule has 1 aliphatic heterocycles. The van der Waals surface area contributed by atoms with Crippen LogP contribution < -0.4 is 11.1 Å². The summed E-state index contributed by atoms with van der Waals surface area (Å²) in [7, 11) is 0. The zero-order chi connectivity index (χ0) is 24.2. The summed E-state index contributed by atoms with van der Waals surface area (Å²) in [4.78, 5) is 40.5. The van der Waals surface area contributed by atoms with Gasteiger partial charge in [-0.25, -0.2) is 4.39 Å². The van der Waals surface area contributed by atoms with E-state index in [1.807, 2.05) is 0 Å². The van der Waals surface area contributed by atoms with Crippen molar-refractivity contribution in [1.29, 1.82) is 0 Å². The number of fused-ring (bicyclic) bond motifs is 1. The topological polar surface area (TPSA) is 92.5 Å². The van der Waals surface area contributed by atoms with Crippen molar-refractivity contribution in [3.8, 4) is 0 Å². The Kier molecular flexibility index (Phi) is 7.51. The van der Waals surface area contributed by atoms with Crippen LogP contribution in [0.5, 0.6) is 0 Å². The number of carbonyl (C=O) groups is 3. The molecule has 4 rings (SSSR count). The number of rotatable bonds is 7. The second kappa shape index (κ2) is 10.6. The van der Waals surface area contributed by atoms with Gasteiger partial charge in [-0.1, -0.05) is 42.6 Å². The van der Waals surface area contributed by atoms with E-state index in [0.717, 1.165) is 31.2 Å². The average molecular weight is 486 g/mol. The average Bonchev–Trinajstić information content (AvgIpc) is 3.22. The molecule has 1 saturated heterocycles. The predicted octanol–water partition coefficient (Wildman–Crippen LogP) is 3.71. The Bertz CT molecular complexity index is 1060. The molecule has 0 aromatic heterocycles. The lowest BCUT2D eigenvalue weighted by molar-refractivity contribution is -0.126. The number of carbonyl (C=O) groups excluding carboxylic acids is 3. The van der Waals surface area contributed by atoms with Crippen molar-refractivity contribution in [2.24, 2.45) is 17.6 Å². The SMILES string of the molecule is NC(=O)C(CNC(=O)C1CC2CCCCC2N1C(=O)c1cccc(Cl)c1)Cc1ccc(F)cc1. The van der Waals surface area contributed by atoms with Crippen molar-refractivity contribution in [3.05, 3.63) is 70.5 Å². The molecule has 2 fully saturated rings. The summed E-state index contributed by atoms with van der Waals surface area (Å²) in [5.74, 6) is -1.75. The zero-order valence-electron chi connectivity index (χ0n) is 18.9. The van der Waals surface area contributed by atoms with Crippen LogP contribution in [0.15, 0.2) is 48.5 Å². The van der Waals surface area contributed by atoms with Crippen molar-refractivity contribution < 1.29 is 18.8 Å². The lowest BCUT2D eigenvalue weighted by Gasteiger charge is -2.33. The van der Waals surface area contributed by atoms with Gasteiger partial charge in [-0.2, -0.15) is 0 Å². The van der Waals surface area contributed by atoms with Gasteiger partial charge in [-0.05, 0) is 67.5 Å². The minimum atomic E-state index is -0.643. The fraction of sp³-hybridized carbons (Fsp3) is 0.423. The molecule has 2 aromatic rings. The van der Waals surface area contributed by atoms with Crippen LogP contribution >= 0.6 is 11.6 Å². The van der Waals surface area contributed by atoms with E-state index in [-0.39, 0.29) is 42.6 Å². The molecule has 4 unspecified atom stereocenters. The molecule has 3 amide bonds. The molecule has 3 N–H and O–H groups in total. The second-order valence-corrected chi connectivity index (χ2v) is 9.70. The van der Waals surface area contributed by atoms with Crippen LogP contribution in [0.25, 0.3) is 0 Å². The third kappa shape index (κ3) is 5.41. The fourth-order valence-corrected chi connectivity index (χ4v) is 5.47. The third-order valence-corrected chi connectivity index (χ3v) is 7.25. The molecule has 0 spiro atoms. The highest BCUT2D eigenvalue weighted by atomic mass is 35.5. The van der Waals surface area contributed by atoms with Gasteiger partial charge in [0.05, 0.1) is 5.92 Å². The van der Waals surface area contributed by atoms with Gasteiger partial charge in [0.1, 0.15) is 11.9 Å². The molecular weight excluding hydrogens is 457 g/mol. The van der Waals surface area contributed by atoms with Gasteiger partial charge in [-0.15, -0.1) is 0 Å². The molecule has 8 heteroatoms. The largest absolute Gasteiger partial charge is 0.369 e. The summed E-state index contributed by atoms with van der Waals surface area (Å²) < 4.78 is 13.2. The van der Waals surface area contributed by atoms with E-state index < -0.39 is 17.9 Å². The Labute approximate surface area is 203 Å². The number of halogens is 2. The minimum absolute atomic E-state index is 0.0159. The lowest BCUT2D eigenvalue weighted by atomic mass is 9.84. The number of primary amides is 1. The molecule has 1 saturated carbocycles. The van der Waals surface area contributed by atoms with E-state index >= 15 is 0 Å². The third-order valence-electron chi connectivity index (χ3n) is 7.02. The van der Waals surface area contributed by atoms with Crippen molar-refractivity contribution in [3.63, 3.8) is 0 Å². The van der Waals surface area contributed by atoms with E-state index in [4.69, 9.17) is 17.3 Å². The standard InChI is InChI=1S/C26H29ClFN3O3/c27-20-6-3-5-18(13-20)26(34)31-22-7-2-1-4-17(22)14-23(31)25(33)30-15-19(24(29)32)12-16-8-10-21(28)11-9-16/h3,5-6,8-11,13,17,19,22-23H,1-2,4,7,12,14-15H2,(H2,29,32)(H,30,33). The van der Waals surface area contributed by atoms with E-state index in [9.17, 15) is 18.8 Å². The first-order chi connectivity index (χ1) is 16.3. The normalized spacial score (nSPS) is 22.6. The molecule has 0 bridgehead atoms. The molecule has 0 radical (unpaired) electrons. The summed E-state index contributed by atoms with van der Waals surface area (Å²) in [5.41, 5.74) is 6.79. The van der Waals surface area contributed by atoms with Crippen LogP contribution in [-0.2, 0) is 16.0 Å². The highest BCUT2D eigenvalue weighted by molar-refractivity contribution is 6.31. The number of nitrogens with two attached hydrogens (primary N) is 1. The maximum absolute atomic E-state index is 13.5. The summed E-state index contributed by atoms with van der Waals surface area (Å²) in [5, 5.41) is 3.33. The van der Waals surface area contributed by atoms with E-state index in [0.29, 0.717) is 17.0 Å². The highest BCUT2D eigenvalue weighted by Gasteiger charge is 2.47. The van der Waals surface area contributed by atoms with Crippen LogP contribution in [0.1, 0.15) is 48.0 Å². The first-order valence-electron chi connectivity index (χ1n) is 11.7. The summed E-state index contributed by atoms with van der Waals surface area (Å²) >= 11 is 6.11. The van der Waals surface area contributed by atoms with Gasteiger partial charge < -0.3 is 16.0 Å². The Morgan fingerprint density at radius 2 is 1.85 bits per heavy atom. The van der Waals surface area contributed by atoms with E-state index in [1.165, 1.54) is 12.1 Å². The first kappa shape index (κ1) is 24.2. The minimum Gasteiger partial charge on any atom is -0.369 e. The van der Waals surface area contributed by atoms with Crippen molar-refractivity contribution in [1.82, 2.24) is 10.2 Å². The molecule has 1 heterocycles. The number of benzene rings is 2. The molecule has 34 heavy (non-hydrogen) atoms. The monoisotopic (exact) mass is 485 g/mol. The molecule has 180 valence electrons. The van der Waals surface area contributed by atoms with Gasteiger partial charge in [-0.3, -0.25) is 14.4 Å². The Morgan fingerprint density at radius 1 is 1.12 bits per heavy atom. The van der Waals surface area contributed by atoms with Crippen LogP contribution in [-0.4, -0.2) is 41.2 Å². The molecule has 4 atom stereocenters. The van der Waals surface area contributed by atoms with Crippen LogP contribution in [0.3, 0.4) is 0 Å². The maximum atomic E-state index is 13.5. The van der Waals surface area contributed by atoms with Crippen molar-refractivity contribution in [2.45, 2.75) is 50.6 Å². The summed E-state index contributed by atoms with van der Waals surface area (Å²) in [6, 6.07) is 12.0. The van der Waals surface area contributed by atoms with Crippen molar-refractivity contribution >= 4 is 29.3 Å². The lowest BCUT2D eigenvalue weighted by Crippen LogP contribution is -2.50. The van der Waals surface area contributed by atoms with Crippen molar-refractivity contribution in [2.75, 3.05) is 6.54 Å². The van der Waals surface area contributed by atoms with Crippen LogP contribution in [0, 0.1) is 17.7 Å². The van der Waals surface area contributed by atoms with Crippen LogP contribution in [0.2, 0.25) is 5.02 Å². The first-order valence-corrected chi connectivity index (χ1v) is 12.1. The molecule has 6 nitrogen and oxygen atoms in total. The number of nitrogens with zero attached hydrogens (tertiary/aromatic N) is 1. The van der Waals surface area contributed by atoms with Gasteiger partial charge in [0.15, 0.2) is 0 Å². The predicted molar refractivity (Wildman–Crippen MR) is 128 cm³/mol. The number of amides is 3. The Hall–Kier alpha value is -2.93. The fourth-order valence-electron chi connectivity index (χ4n) is 5.28. The Morgan fingerprint density at radius 3 is 2.56 bits per heavy atom. The number of hydrogen-bond acceptors (Lipinski definition) is 3. The second-order valence-electron chi connectivity index (χ2n) is 9.26. The van der Waals surface area contributed by atoms with E-state index in [1.54, 1.807) is 41.3 Å². The van der Waals surface area contributed by atoms with Gasteiger partial charge in [0.25, 0.3) is 5.91 Å². The number of likely N-dealkylation sites (tertiary alicyclic amines) is 1. The van der Waals surface area contributed by atoms with Crippen LogP contribution in [0.4, 0.5) is 4.39 Å².